The van der Waals surface area contributed by atoms with Crippen LogP contribution in [0.1, 0.15) is 36.5 Å². The number of carboxylic acid groups (broad SMARTS) is 1. The first-order valence-electron chi connectivity index (χ1n) is 6.53. The number of aromatic carboxylic acids is 1. The molecule has 5 nitrogen and oxygen atoms in total. The third-order valence-electron chi connectivity index (χ3n) is 3.22. The van der Waals surface area contributed by atoms with Crippen molar-refractivity contribution in [3.63, 3.8) is 0 Å². The summed E-state index contributed by atoms with van der Waals surface area (Å²) in [5.41, 5.74) is -0.657. The van der Waals surface area contributed by atoms with Crippen molar-refractivity contribution in [1.82, 2.24) is 4.31 Å². The molecule has 1 fully saturated rings. The summed E-state index contributed by atoms with van der Waals surface area (Å²) >= 11 is 3.04. The number of hydrogen-bond acceptors (Lipinski definition) is 3. The first-order chi connectivity index (χ1) is 9.78. The van der Waals surface area contributed by atoms with Crippen molar-refractivity contribution in [3.8, 4) is 0 Å². The van der Waals surface area contributed by atoms with E-state index < -0.39 is 32.3 Å². The summed E-state index contributed by atoms with van der Waals surface area (Å²) in [6, 6.07) is 2.06. The van der Waals surface area contributed by atoms with Crippen molar-refractivity contribution in [2.75, 3.05) is 6.54 Å². The van der Waals surface area contributed by atoms with Crippen LogP contribution in [0.15, 0.2) is 21.5 Å². The number of nitrogens with zero attached hydrogens (tertiary/aromatic N) is 1. The molecule has 0 saturated heterocycles. The number of hydrogen-bond donors (Lipinski definition) is 1. The minimum absolute atomic E-state index is 0.110. The Balaban J connectivity index is 2.56. The van der Waals surface area contributed by atoms with E-state index in [4.69, 9.17) is 5.11 Å². The molecule has 8 heteroatoms. The molecule has 1 aliphatic rings. The Morgan fingerprint density at radius 2 is 2.10 bits per heavy atom. The summed E-state index contributed by atoms with van der Waals surface area (Å²) in [5.74, 6) is -2.72. The van der Waals surface area contributed by atoms with Crippen LogP contribution in [0.3, 0.4) is 0 Å². The van der Waals surface area contributed by atoms with Crippen LogP contribution >= 0.6 is 15.9 Å². The summed E-state index contributed by atoms with van der Waals surface area (Å²) in [4.78, 5) is 10.4. The van der Waals surface area contributed by atoms with Crippen LogP contribution < -0.4 is 0 Å². The van der Waals surface area contributed by atoms with Gasteiger partial charge in [0.1, 0.15) is 4.90 Å². The van der Waals surface area contributed by atoms with Crippen LogP contribution in [0.4, 0.5) is 4.39 Å². The predicted octanol–water partition coefficient (Wildman–Crippen LogP) is 2.85. The largest absolute Gasteiger partial charge is 0.478 e. The molecule has 0 amide bonds. The number of carbonyl (C=O) groups is 1. The highest BCUT2D eigenvalue weighted by atomic mass is 79.9. The monoisotopic (exact) mass is 379 g/mol. The third kappa shape index (κ3) is 3.27. The zero-order valence-corrected chi connectivity index (χ0v) is 13.7. The topological polar surface area (TPSA) is 74.7 Å². The predicted molar refractivity (Wildman–Crippen MR) is 78.3 cm³/mol. The molecule has 0 atom stereocenters. The van der Waals surface area contributed by atoms with Gasteiger partial charge in [0, 0.05) is 17.1 Å². The fraction of sp³-hybridized carbons (Fsp3) is 0.462. The molecule has 0 radical (unpaired) electrons. The maximum Gasteiger partial charge on any atom is 0.338 e. The lowest BCUT2D eigenvalue weighted by Gasteiger charge is -2.22. The van der Waals surface area contributed by atoms with Crippen molar-refractivity contribution in [2.24, 2.45) is 0 Å². The smallest absolute Gasteiger partial charge is 0.338 e. The van der Waals surface area contributed by atoms with E-state index in [1.165, 1.54) is 4.31 Å². The highest BCUT2D eigenvalue weighted by molar-refractivity contribution is 9.10. The SMILES string of the molecule is CCCN(C1CC1)S(=O)(=O)c1cc(Br)cc(C(=O)O)c1F. The summed E-state index contributed by atoms with van der Waals surface area (Å²) in [6.45, 7) is 2.13. The van der Waals surface area contributed by atoms with Gasteiger partial charge in [-0.05, 0) is 31.4 Å². The fourth-order valence-electron chi connectivity index (χ4n) is 2.12. The Labute approximate surface area is 130 Å². The lowest BCUT2D eigenvalue weighted by Crippen LogP contribution is -2.34. The second-order valence-corrected chi connectivity index (χ2v) is 7.69. The summed E-state index contributed by atoms with van der Waals surface area (Å²) in [6.07, 6.45) is 2.11. The average molecular weight is 380 g/mol. The van der Waals surface area contributed by atoms with Gasteiger partial charge in [0.05, 0.1) is 5.56 Å². The average Bonchev–Trinajstić information content (AvgIpc) is 3.21. The minimum atomic E-state index is -4.04. The first-order valence-corrected chi connectivity index (χ1v) is 8.76. The standard InChI is InChI=1S/C13H15BrFNO4S/c1-2-5-16(9-3-4-9)21(19,20)11-7-8(14)6-10(12(11)15)13(17)18/h6-7,9H,2-5H2,1H3,(H,17,18). The van der Waals surface area contributed by atoms with Gasteiger partial charge in [-0.25, -0.2) is 17.6 Å². The van der Waals surface area contributed by atoms with Gasteiger partial charge in [0.25, 0.3) is 0 Å². The lowest BCUT2D eigenvalue weighted by molar-refractivity contribution is 0.0691. The van der Waals surface area contributed by atoms with Crippen molar-refractivity contribution < 1.29 is 22.7 Å². The van der Waals surface area contributed by atoms with Gasteiger partial charge >= 0.3 is 5.97 Å². The van der Waals surface area contributed by atoms with Gasteiger partial charge in [-0.15, -0.1) is 0 Å². The van der Waals surface area contributed by atoms with E-state index in [2.05, 4.69) is 15.9 Å². The Morgan fingerprint density at radius 1 is 1.48 bits per heavy atom. The van der Waals surface area contributed by atoms with Crippen molar-refractivity contribution in [2.45, 2.75) is 37.1 Å². The van der Waals surface area contributed by atoms with Gasteiger partial charge in [-0.1, -0.05) is 22.9 Å². The van der Waals surface area contributed by atoms with Gasteiger partial charge in [0.15, 0.2) is 5.82 Å². The van der Waals surface area contributed by atoms with E-state index in [0.29, 0.717) is 13.0 Å². The Bertz CT molecular complexity index is 673. The molecule has 1 saturated carbocycles. The van der Waals surface area contributed by atoms with Crippen molar-refractivity contribution >= 4 is 31.9 Å². The molecule has 1 N–H and O–H groups in total. The van der Waals surface area contributed by atoms with E-state index in [0.717, 1.165) is 25.0 Å². The van der Waals surface area contributed by atoms with E-state index >= 15 is 0 Å². The number of benzene rings is 1. The van der Waals surface area contributed by atoms with E-state index in [1.54, 1.807) is 0 Å². The molecule has 1 aliphatic carbocycles. The van der Waals surface area contributed by atoms with Crippen LogP contribution in [0.25, 0.3) is 0 Å². The molecular formula is C13H15BrFNO4S. The molecule has 1 aromatic carbocycles. The highest BCUT2D eigenvalue weighted by Crippen LogP contribution is 2.34. The van der Waals surface area contributed by atoms with Crippen molar-refractivity contribution in [3.05, 3.63) is 28.0 Å². The molecule has 0 unspecified atom stereocenters. The number of carboxylic acids is 1. The first kappa shape index (κ1) is 16.4. The Kier molecular flexibility index (Phi) is 4.69. The second kappa shape index (κ2) is 6.02. The molecule has 0 aliphatic heterocycles. The fourth-order valence-corrected chi connectivity index (χ4v) is 4.62. The molecule has 1 aromatic rings. The molecule has 0 spiro atoms. The van der Waals surface area contributed by atoms with E-state index in [9.17, 15) is 17.6 Å². The van der Waals surface area contributed by atoms with Crippen LogP contribution in [0.5, 0.6) is 0 Å². The van der Waals surface area contributed by atoms with Crippen LogP contribution in [0.2, 0.25) is 0 Å². The summed E-state index contributed by atoms with van der Waals surface area (Å²) in [7, 11) is -4.04. The van der Waals surface area contributed by atoms with Gasteiger partial charge in [-0.2, -0.15) is 4.31 Å². The van der Waals surface area contributed by atoms with Gasteiger partial charge in [0.2, 0.25) is 10.0 Å². The van der Waals surface area contributed by atoms with Crippen LogP contribution in [0, 0.1) is 5.82 Å². The Morgan fingerprint density at radius 3 is 2.57 bits per heavy atom. The third-order valence-corrected chi connectivity index (χ3v) is 5.63. The summed E-state index contributed by atoms with van der Waals surface area (Å²) in [5, 5.41) is 8.97. The Hall–Kier alpha value is -0.990. The minimum Gasteiger partial charge on any atom is -0.478 e. The van der Waals surface area contributed by atoms with Gasteiger partial charge in [-0.3, -0.25) is 0 Å². The molecule has 0 aromatic heterocycles. The zero-order chi connectivity index (χ0) is 15.8. The zero-order valence-electron chi connectivity index (χ0n) is 11.3. The van der Waals surface area contributed by atoms with E-state index in [-0.39, 0.29) is 10.5 Å². The number of rotatable bonds is 6. The van der Waals surface area contributed by atoms with Gasteiger partial charge < -0.3 is 5.11 Å². The molecule has 0 heterocycles. The lowest BCUT2D eigenvalue weighted by atomic mass is 10.2. The normalized spacial score (nSPS) is 15.4. The maximum atomic E-state index is 14.3. The van der Waals surface area contributed by atoms with Crippen LogP contribution in [-0.2, 0) is 10.0 Å². The van der Waals surface area contributed by atoms with Crippen molar-refractivity contribution in [1.29, 1.82) is 0 Å². The van der Waals surface area contributed by atoms with Crippen LogP contribution in [-0.4, -0.2) is 36.4 Å². The second-order valence-electron chi connectivity index (χ2n) is 4.92. The number of halogens is 2. The maximum absolute atomic E-state index is 14.3. The molecule has 116 valence electrons. The molecular weight excluding hydrogens is 365 g/mol. The molecule has 0 bridgehead atoms. The molecule has 2 rings (SSSR count). The number of sulfonamides is 1. The molecule has 21 heavy (non-hydrogen) atoms. The quantitative estimate of drug-likeness (QED) is 0.824. The summed E-state index contributed by atoms with van der Waals surface area (Å²) < 4.78 is 41.0. The van der Waals surface area contributed by atoms with E-state index in [1.807, 2.05) is 6.92 Å². The highest BCUT2D eigenvalue weighted by Gasteiger charge is 2.39.